The third kappa shape index (κ3) is 5.56. The topological polar surface area (TPSA) is 109 Å². The van der Waals surface area contributed by atoms with Crippen LogP contribution in [0.4, 0.5) is 5.88 Å². The van der Waals surface area contributed by atoms with E-state index in [4.69, 9.17) is 16.6 Å². The highest BCUT2D eigenvalue weighted by Crippen LogP contribution is 2.29. The third-order valence-electron chi connectivity index (χ3n) is 4.51. The van der Waals surface area contributed by atoms with E-state index >= 15 is 0 Å². The summed E-state index contributed by atoms with van der Waals surface area (Å²) in [7, 11) is 0. The van der Waals surface area contributed by atoms with Gasteiger partial charge in [-0.2, -0.15) is 0 Å². The zero-order valence-electron chi connectivity index (χ0n) is 14.2. The molecule has 1 heterocycles. The number of nitrogens with one attached hydrogen (secondary N) is 3. The molecule has 0 radical (unpaired) electrons. The van der Waals surface area contributed by atoms with Crippen LogP contribution >= 0.6 is 12.2 Å². The van der Waals surface area contributed by atoms with E-state index in [0.717, 1.165) is 12.8 Å². The molecule has 136 valence electrons. The summed E-state index contributed by atoms with van der Waals surface area (Å²) in [5.74, 6) is 0.544. The fraction of sp³-hybridized carbons (Fsp3) is 0.500. The molecule has 0 unspecified atom stereocenters. The van der Waals surface area contributed by atoms with Crippen molar-refractivity contribution in [2.45, 2.75) is 39.2 Å². The highest BCUT2D eigenvalue weighted by molar-refractivity contribution is 7.80. The summed E-state index contributed by atoms with van der Waals surface area (Å²) in [5, 5.41) is 14.1. The number of amides is 1. The van der Waals surface area contributed by atoms with Crippen LogP contribution < -0.4 is 16.2 Å². The van der Waals surface area contributed by atoms with Gasteiger partial charge in [0, 0.05) is 12.1 Å². The summed E-state index contributed by atoms with van der Waals surface area (Å²) in [6.45, 7) is 4.44. The molecule has 0 saturated heterocycles. The van der Waals surface area contributed by atoms with Crippen molar-refractivity contribution in [3.63, 3.8) is 0 Å². The molecule has 1 aliphatic carbocycles. The van der Waals surface area contributed by atoms with Crippen molar-refractivity contribution in [3.8, 4) is 0 Å². The Bertz CT molecular complexity index is 673. The first kappa shape index (κ1) is 18.9. The van der Waals surface area contributed by atoms with Crippen molar-refractivity contribution in [1.29, 1.82) is 0 Å². The lowest BCUT2D eigenvalue weighted by molar-refractivity contribution is -0.402. The molecule has 9 heteroatoms. The molecule has 3 atom stereocenters. The van der Waals surface area contributed by atoms with E-state index in [1.165, 1.54) is 30.7 Å². The standard InChI is InChI=1S/C16H22N4O4S/c1-10-4-3-5-13(11(10)2)17-16(25)19-18-14(21)8-6-12-7-9-15(24-12)20(22)23/h6-11,13H,3-5H2,1-2H3,(H,18,21)(H2,17,19,25)/b8-6+/t10-,11-,13-/m1/s1. The van der Waals surface area contributed by atoms with Crippen LogP contribution in [0.2, 0.25) is 0 Å². The van der Waals surface area contributed by atoms with Crippen molar-refractivity contribution < 1.29 is 14.1 Å². The molecule has 2 rings (SSSR count). The first-order valence-corrected chi connectivity index (χ1v) is 8.56. The van der Waals surface area contributed by atoms with Crippen LogP contribution in [0.15, 0.2) is 22.6 Å². The molecule has 1 fully saturated rings. The predicted octanol–water partition coefficient (Wildman–Crippen LogP) is 2.52. The Kier molecular flexibility index (Phi) is 6.51. The Labute approximate surface area is 151 Å². The van der Waals surface area contributed by atoms with Crippen LogP contribution in [0.1, 0.15) is 38.9 Å². The molecule has 1 amide bonds. The third-order valence-corrected chi connectivity index (χ3v) is 4.73. The predicted molar refractivity (Wildman–Crippen MR) is 97.4 cm³/mol. The Hall–Kier alpha value is -2.42. The van der Waals surface area contributed by atoms with Crippen molar-refractivity contribution in [2.24, 2.45) is 11.8 Å². The van der Waals surface area contributed by atoms with Gasteiger partial charge in [0.2, 0.25) is 0 Å². The minimum Gasteiger partial charge on any atom is -0.401 e. The molecule has 1 saturated carbocycles. The van der Waals surface area contributed by atoms with E-state index in [2.05, 4.69) is 30.0 Å². The number of thiocarbonyl (C=S) groups is 1. The molecule has 0 aliphatic heterocycles. The van der Waals surface area contributed by atoms with E-state index < -0.39 is 10.8 Å². The molecular formula is C16H22N4O4S. The van der Waals surface area contributed by atoms with Gasteiger partial charge in [0.25, 0.3) is 5.91 Å². The van der Waals surface area contributed by atoms with Crippen LogP contribution in [-0.2, 0) is 4.79 Å². The summed E-state index contributed by atoms with van der Waals surface area (Å²) in [4.78, 5) is 21.6. The van der Waals surface area contributed by atoms with E-state index in [9.17, 15) is 14.9 Å². The Morgan fingerprint density at radius 3 is 2.80 bits per heavy atom. The number of nitro groups is 1. The lowest BCUT2D eigenvalue weighted by atomic mass is 9.78. The zero-order chi connectivity index (χ0) is 18.4. The number of carbonyl (C=O) groups is 1. The summed E-state index contributed by atoms with van der Waals surface area (Å²) in [5.41, 5.74) is 5.10. The van der Waals surface area contributed by atoms with Gasteiger partial charge >= 0.3 is 5.88 Å². The SMILES string of the molecule is C[C@@H]1[C@H](C)CCC[C@H]1NC(=S)NNC(=O)/C=C/c1ccc([N+](=O)[O-])o1. The minimum absolute atomic E-state index is 0.215. The number of hydrazine groups is 1. The number of hydrogen-bond donors (Lipinski definition) is 3. The first-order chi connectivity index (χ1) is 11.9. The van der Waals surface area contributed by atoms with E-state index in [0.29, 0.717) is 23.0 Å². The van der Waals surface area contributed by atoms with Crippen LogP contribution in [-0.4, -0.2) is 22.0 Å². The molecule has 0 aromatic carbocycles. The van der Waals surface area contributed by atoms with Gasteiger partial charge in [-0.15, -0.1) is 0 Å². The lowest BCUT2D eigenvalue weighted by Crippen LogP contribution is -2.52. The molecule has 25 heavy (non-hydrogen) atoms. The number of carbonyl (C=O) groups excluding carboxylic acids is 1. The van der Waals surface area contributed by atoms with Gasteiger partial charge < -0.3 is 9.73 Å². The number of furan rings is 1. The van der Waals surface area contributed by atoms with Crippen molar-refractivity contribution in [2.75, 3.05) is 0 Å². The maximum absolute atomic E-state index is 11.7. The molecular weight excluding hydrogens is 344 g/mol. The van der Waals surface area contributed by atoms with Crippen molar-refractivity contribution in [3.05, 3.63) is 34.1 Å². The Morgan fingerprint density at radius 2 is 2.12 bits per heavy atom. The average molecular weight is 366 g/mol. The van der Waals surface area contributed by atoms with Crippen LogP contribution in [0.3, 0.4) is 0 Å². The van der Waals surface area contributed by atoms with Gasteiger partial charge in [0.1, 0.15) is 10.7 Å². The summed E-state index contributed by atoms with van der Waals surface area (Å²) in [6, 6.07) is 2.92. The second-order valence-corrected chi connectivity index (χ2v) is 6.64. The fourth-order valence-corrected chi connectivity index (χ4v) is 3.04. The van der Waals surface area contributed by atoms with Gasteiger partial charge in [-0.1, -0.05) is 26.7 Å². The van der Waals surface area contributed by atoms with Crippen LogP contribution in [0.25, 0.3) is 6.08 Å². The normalized spacial score (nSPS) is 23.2. The summed E-state index contributed by atoms with van der Waals surface area (Å²) < 4.78 is 4.92. The summed E-state index contributed by atoms with van der Waals surface area (Å²) in [6.07, 6.45) is 5.98. The number of rotatable bonds is 4. The highest BCUT2D eigenvalue weighted by Gasteiger charge is 2.27. The molecule has 3 N–H and O–H groups in total. The fourth-order valence-electron chi connectivity index (χ4n) is 2.84. The average Bonchev–Trinajstić information content (AvgIpc) is 3.04. The van der Waals surface area contributed by atoms with Crippen molar-refractivity contribution >= 4 is 35.2 Å². The zero-order valence-corrected chi connectivity index (χ0v) is 15.0. The largest absolute Gasteiger partial charge is 0.433 e. The Balaban J connectivity index is 1.76. The van der Waals surface area contributed by atoms with E-state index in [-0.39, 0.29) is 11.6 Å². The van der Waals surface area contributed by atoms with E-state index in [1.807, 2.05) is 0 Å². The van der Waals surface area contributed by atoms with E-state index in [1.54, 1.807) is 0 Å². The number of hydrogen-bond acceptors (Lipinski definition) is 5. The molecule has 1 aliphatic rings. The first-order valence-electron chi connectivity index (χ1n) is 8.15. The lowest BCUT2D eigenvalue weighted by Gasteiger charge is -2.35. The van der Waals surface area contributed by atoms with Gasteiger partial charge in [0.05, 0.1) is 6.07 Å². The van der Waals surface area contributed by atoms with Gasteiger partial charge in [0.15, 0.2) is 5.11 Å². The maximum atomic E-state index is 11.7. The quantitative estimate of drug-likeness (QED) is 0.325. The summed E-state index contributed by atoms with van der Waals surface area (Å²) >= 11 is 5.20. The molecule has 0 spiro atoms. The monoisotopic (exact) mass is 366 g/mol. The Morgan fingerprint density at radius 1 is 1.36 bits per heavy atom. The minimum atomic E-state index is -0.643. The maximum Gasteiger partial charge on any atom is 0.433 e. The second-order valence-electron chi connectivity index (χ2n) is 6.23. The highest BCUT2D eigenvalue weighted by atomic mass is 32.1. The molecule has 0 bridgehead atoms. The van der Waals surface area contributed by atoms with Gasteiger partial charge in [-0.25, -0.2) is 0 Å². The van der Waals surface area contributed by atoms with Crippen LogP contribution in [0.5, 0.6) is 0 Å². The molecule has 1 aromatic rings. The van der Waals surface area contributed by atoms with Gasteiger partial charge in [-0.3, -0.25) is 25.8 Å². The van der Waals surface area contributed by atoms with Crippen LogP contribution in [0, 0.1) is 22.0 Å². The van der Waals surface area contributed by atoms with Gasteiger partial charge in [-0.05, 0) is 42.6 Å². The second kappa shape index (κ2) is 8.61. The molecule has 1 aromatic heterocycles. The van der Waals surface area contributed by atoms with Crippen molar-refractivity contribution in [1.82, 2.24) is 16.2 Å². The smallest absolute Gasteiger partial charge is 0.401 e. The molecule has 8 nitrogen and oxygen atoms in total. The number of nitrogens with zero attached hydrogens (tertiary/aromatic N) is 1.